The quantitative estimate of drug-likeness (QED) is 0.447. The van der Waals surface area contributed by atoms with Gasteiger partial charge in [0, 0.05) is 6.42 Å². The molecule has 0 N–H and O–H groups in total. The standard InChI is InChI=1S/C7H6O4/c8-6(9)4-1-2-5(3-4)7(10)11/h1-2H,3H2,(H,8,9)(H,10,11)/p-2. The molecule has 0 unspecified atom stereocenters. The molecule has 1 aliphatic rings. The van der Waals surface area contributed by atoms with Gasteiger partial charge in [-0.1, -0.05) is 12.2 Å². The third-order valence-corrected chi connectivity index (χ3v) is 1.39. The number of allylic oxidation sites excluding steroid dienone is 2. The molecule has 0 heterocycles. The van der Waals surface area contributed by atoms with E-state index in [2.05, 4.69) is 0 Å². The molecule has 0 aromatic rings. The molecule has 0 aromatic carbocycles. The fraction of sp³-hybridized carbons (Fsp3) is 0.143. The molecule has 4 nitrogen and oxygen atoms in total. The van der Waals surface area contributed by atoms with Gasteiger partial charge in [0.15, 0.2) is 0 Å². The lowest BCUT2D eigenvalue weighted by atomic mass is 10.1. The van der Waals surface area contributed by atoms with Crippen LogP contribution in [0.15, 0.2) is 23.3 Å². The van der Waals surface area contributed by atoms with Crippen LogP contribution in [0.1, 0.15) is 6.42 Å². The molecular formula is C7H4O4-2. The van der Waals surface area contributed by atoms with Crippen molar-refractivity contribution in [1.82, 2.24) is 0 Å². The molecule has 1 rings (SSSR count). The number of carbonyl (C=O) groups is 2. The SMILES string of the molecule is O=C([O-])C1=CC=C(C(=O)[O-])C1. The highest BCUT2D eigenvalue weighted by Crippen LogP contribution is 2.17. The van der Waals surface area contributed by atoms with E-state index < -0.39 is 11.9 Å². The van der Waals surface area contributed by atoms with Crippen molar-refractivity contribution in [3.8, 4) is 0 Å². The van der Waals surface area contributed by atoms with Crippen LogP contribution in [0.2, 0.25) is 0 Å². The topological polar surface area (TPSA) is 80.3 Å². The van der Waals surface area contributed by atoms with E-state index in [-0.39, 0.29) is 17.6 Å². The molecule has 11 heavy (non-hydrogen) atoms. The Labute approximate surface area is 62.5 Å². The van der Waals surface area contributed by atoms with Crippen molar-refractivity contribution in [1.29, 1.82) is 0 Å². The first-order valence-corrected chi connectivity index (χ1v) is 2.93. The first-order valence-electron chi connectivity index (χ1n) is 2.93. The van der Waals surface area contributed by atoms with E-state index in [0.717, 1.165) is 0 Å². The predicted molar refractivity (Wildman–Crippen MR) is 30.8 cm³/mol. The van der Waals surface area contributed by atoms with Crippen molar-refractivity contribution < 1.29 is 19.8 Å². The van der Waals surface area contributed by atoms with Crippen LogP contribution in [-0.4, -0.2) is 11.9 Å². The summed E-state index contributed by atoms with van der Waals surface area (Å²) in [5.41, 5.74) is -0.0478. The second-order valence-corrected chi connectivity index (χ2v) is 2.14. The van der Waals surface area contributed by atoms with Crippen molar-refractivity contribution in [2.45, 2.75) is 6.42 Å². The number of carbonyl (C=O) groups excluding carboxylic acids is 2. The molecule has 0 amide bonds. The minimum atomic E-state index is -1.34. The highest BCUT2D eigenvalue weighted by Gasteiger charge is 2.08. The molecule has 0 saturated carbocycles. The second kappa shape index (κ2) is 2.57. The van der Waals surface area contributed by atoms with Gasteiger partial charge in [-0.3, -0.25) is 0 Å². The lowest BCUT2D eigenvalue weighted by Gasteiger charge is -2.05. The molecule has 0 aliphatic heterocycles. The first-order chi connectivity index (χ1) is 5.11. The summed E-state index contributed by atoms with van der Waals surface area (Å²) in [7, 11) is 0. The van der Waals surface area contributed by atoms with E-state index in [9.17, 15) is 19.8 Å². The van der Waals surface area contributed by atoms with E-state index in [1.807, 2.05) is 0 Å². The summed E-state index contributed by atoms with van der Waals surface area (Å²) in [5.74, 6) is -2.67. The van der Waals surface area contributed by atoms with Crippen molar-refractivity contribution in [2.24, 2.45) is 0 Å². The normalized spacial score (nSPS) is 15.6. The van der Waals surface area contributed by atoms with Gasteiger partial charge >= 0.3 is 0 Å². The van der Waals surface area contributed by atoms with E-state index in [4.69, 9.17) is 0 Å². The number of hydrogen-bond donors (Lipinski definition) is 0. The zero-order valence-corrected chi connectivity index (χ0v) is 5.49. The third kappa shape index (κ3) is 1.46. The van der Waals surface area contributed by atoms with Crippen LogP contribution in [-0.2, 0) is 9.59 Å². The van der Waals surface area contributed by atoms with Crippen LogP contribution in [0, 0.1) is 0 Å². The fourth-order valence-electron chi connectivity index (χ4n) is 0.805. The van der Waals surface area contributed by atoms with Crippen molar-refractivity contribution >= 4 is 11.9 Å². The van der Waals surface area contributed by atoms with E-state index in [1.54, 1.807) is 0 Å². The van der Waals surface area contributed by atoms with E-state index >= 15 is 0 Å². The minimum Gasteiger partial charge on any atom is -0.545 e. The molecule has 0 bridgehead atoms. The summed E-state index contributed by atoms with van der Waals surface area (Å²) in [5, 5.41) is 20.3. The van der Waals surface area contributed by atoms with Crippen molar-refractivity contribution in [3.05, 3.63) is 23.3 Å². The van der Waals surface area contributed by atoms with E-state index in [0.29, 0.717) is 0 Å². The molecule has 0 fully saturated rings. The van der Waals surface area contributed by atoms with Crippen LogP contribution in [0.5, 0.6) is 0 Å². The van der Waals surface area contributed by atoms with E-state index in [1.165, 1.54) is 12.2 Å². The molecular weight excluding hydrogens is 148 g/mol. The Balaban J connectivity index is 2.66. The van der Waals surface area contributed by atoms with Gasteiger partial charge in [0.2, 0.25) is 0 Å². The van der Waals surface area contributed by atoms with Gasteiger partial charge in [-0.2, -0.15) is 0 Å². The van der Waals surface area contributed by atoms with Gasteiger partial charge in [0.1, 0.15) is 0 Å². The first kappa shape index (κ1) is 7.53. The lowest BCUT2D eigenvalue weighted by Crippen LogP contribution is -2.27. The average Bonchev–Trinajstić information content (AvgIpc) is 2.33. The summed E-state index contributed by atoms with van der Waals surface area (Å²) < 4.78 is 0. The molecule has 0 saturated heterocycles. The fourth-order valence-corrected chi connectivity index (χ4v) is 0.805. The van der Waals surface area contributed by atoms with Crippen LogP contribution >= 0.6 is 0 Å². The maximum Gasteiger partial charge on any atom is 0.0678 e. The number of carboxylic acid groups (broad SMARTS) is 2. The molecule has 0 radical (unpaired) electrons. The van der Waals surface area contributed by atoms with Crippen molar-refractivity contribution in [3.63, 3.8) is 0 Å². The van der Waals surface area contributed by atoms with Gasteiger partial charge in [0.05, 0.1) is 11.9 Å². The maximum absolute atomic E-state index is 10.1. The Morgan fingerprint density at radius 3 is 1.64 bits per heavy atom. The van der Waals surface area contributed by atoms with Crippen molar-refractivity contribution in [2.75, 3.05) is 0 Å². The summed E-state index contributed by atoms with van der Waals surface area (Å²) in [6, 6.07) is 0. The molecule has 0 aromatic heterocycles. The Kier molecular flexibility index (Phi) is 1.76. The Bertz CT molecular complexity index is 244. The van der Waals surface area contributed by atoms with Crippen LogP contribution in [0.3, 0.4) is 0 Å². The highest BCUT2D eigenvalue weighted by molar-refractivity contribution is 5.94. The zero-order valence-electron chi connectivity index (χ0n) is 5.49. The zero-order chi connectivity index (χ0) is 8.43. The van der Waals surface area contributed by atoms with Gasteiger partial charge < -0.3 is 19.8 Å². The summed E-state index contributed by atoms with van der Waals surface area (Å²) in [4.78, 5) is 20.3. The van der Waals surface area contributed by atoms with Crippen LogP contribution in [0.4, 0.5) is 0 Å². The Morgan fingerprint density at radius 2 is 1.45 bits per heavy atom. The predicted octanol–water partition coefficient (Wildman–Crippen LogP) is -2.26. The number of carboxylic acids is 2. The number of rotatable bonds is 2. The van der Waals surface area contributed by atoms with Crippen LogP contribution < -0.4 is 10.2 Å². The van der Waals surface area contributed by atoms with Gasteiger partial charge in [-0.05, 0) is 11.1 Å². The lowest BCUT2D eigenvalue weighted by molar-refractivity contribution is -0.299. The molecule has 1 aliphatic carbocycles. The molecule has 58 valence electrons. The van der Waals surface area contributed by atoms with Gasteiger partial charge in [0.25, 0.3) is 0 Å². The second-order valence-electron chi connectivity index (χ2n) is 2.14. The summed E-state index contributed by atoms with van der Waals surface area (Å²) in [6.45, 7) is 0. The number of aliphatic carboxylic acids is 2. The Morgan fingerprint density at radius 1 is 1.09 bits per heavy atom. The summed E-state index contributed by atoms with van der Waals surface area (Å²) in [6.07, 6.45) is 2.31. The largest absolute Gasteiger partial charge is 0.545 e. The average molecular weight is 152 g/mol. The van der Waals surface area contributed by atoms with Gasteiger partial charge in [-0.25, -0.2) is 0 Å². The summed E-state index contributed by atoms with van der Waals surface area (Å²) >= 11 is 0. The highest BCUT2D eigenvalue weighted by atomic mass is 16.4. The molecule has 0 spiro atoms. The third-order valence-electron chi connectivity index (χ3n) is 1.39. The number of hydrogen-bond acceptors (Lipinski definition) is 4. The minimum absolute atomic E-state index is 0.0239. The van der Waals surface area contributed by atoms with Crippen LogP contribution in [0.25, 0.3) is 0 Å². The molecule has 0 atom stereocenters. The smallest absolute Gasteiger partial charge is 0.0678 e. The van der Waals surface area contributed by atoms with Gasteiger partial charge in [-0.15, -0.1) is 0 Å². The molecule has 4 heteroatoms. The Hall–Kier alpha value is -1.58. The monoisotopic (exact) mass is 152 g/mol. The maximum atomic E-state index is 10.1.